The summed E-state index contributed by atoms with van der Waals surface area (Å²) in [4.78, 5) is 13.4. The summed E-state index contributed by atoms with van der Waals surface area (Å²) in [7, 11) is 1.80. The standard InChI is InChI=1S/C12H14ClN3O/c1-16(8-4-7-14)9-12(17)15-11-6-3-2-5-10(11)13/h2-3,5-6H,4,8-9H2,1H3,(H,15,17). The molecule has 4 nitrogen and oxygen atoms in total. The predicted octanol–water partition coefficient (Wildman–Crippen LogP) is 2.12. The van der Waals surface area contributed by atoms with Gasteiger partial charge in [0.15, 0.2) is 0 Å². The molecule has 1 rings (SSSR count). The molecule has 0 aliphatic carbocycles. The van der Waals surface area contributed by atoms with Crippen molar-refractivity contribution < 1.29 is 4.79 Å². The third kappa shape index (κ3) is 4.85. The number of anilines is 1. The molecule has 17 heavy (non-hydrogen) atoms. The van der Waals surface area contributed by atoms with E-state index in [1.807, 2.05) is 6.07 Å². The number of carbonyl (C=O) groups excluding carboxylic acids is 1. The Morgan fingerprint density at radius 1 is 1.53 bits per heavy atom. The smallest absolute Gasteiger partial charge is 0.238 e. The van der Waals surface area contributed by atoms with Gasteiger partial charge in [0.1, 0.15) is 0 Å². The molecule has 0 aliphatic rings. The molecule has 0 spiro atoms. The second kappa shape index (κ2) is 6.89. The number of hydrogen-bond donors (Lipinski definition) is 1. The molecule has 1 amide bonds. The van der Waals surface area contributed by atoms with Crippen molar-refractivity contribution in [2.45, 2.75) is 6.42 Å². The number of likely N-dealkylation sites (N-methyl/N-ethyl adjacent to an activating group) is 1. The first-order chi connectivity index (χ1) is 8.13. The lowest BCUT2D eigenvalue weighted by Crippen LogP contribution is -2.30. The highest BCUT2D eigenvalue weighted by molar-refractivity contribution is 6.33. The van der Waals surface area contributed by atoms with E-state index in [4.69, 9.17) is 16.9 Å². The average molecular weight is 252 g/mol. The highest BCUT2D eigenvalue weighted by Crippen LogP contribution is 2.20. The van der Waals surface area contributed by atoms with Crippen molar-refractivity contribution in [1.82, 2.24) is 4.90 Å². The minimum Gasteiger partial charge on any atom is -0.324 e. The van der Waals surface area contributed by atoms with Crippen LogP contribution in [0.3, 0.4) is 0 Å². The van der Waals surface area contributed by atoms with Gasteiger partial charge < -0.3 is 5.32 Å². The minimum atomic E-state index is -0.140. The number of hydrogen-bond acceptors (Lipinski definition) is 3. The third-order valence-electron chi connectivity index (χ3n) is 2.17. The number of nitrogens with one attached hydrogen (secondary N) is 1. The van der Waals surface area contributed by atoms with E-state index >= 15 is 0 Å². The lowest BCUT2D eigenvalue weighted by molar-refractivity contribution is -0.117. The van der Waals surface area contributed by atoms with Crippen molar-refractivity contribution in [2.75, 3.05) is 25.5 Å². The number of rotatable bonds is 5. The Morgan fingerprint density at radius 3 is 2.88 bits per heavy atom. The summed E-state index contributed by atoms with van der Waals surface area (Å²) in [5.74, 6) is -0.140. The van der Waals surface area contributed by atoms with Crippen molar-refractivity contribution >= 4 is 23.2 Å². The number of nitrogens with zero attached hydrogens (tertiary/aromatic N) is 2. The summed E-state index contributed by atoms with van der Waals surface area (Å²) in [6.45, 7) is 0.819. The van der Waals surface area contributed by atoms with E-state index < -0.39 is 0 Å². The number of halogens is 1. The van der Waals surface area contributed by atoms with Gasteiger partial charge in [0, 0.05) is 13.0 Å². The monoisotopic (exact) mass is 251 g/mol. The van der Waals surface area contributed by atoms with Crippen LogP contribution in [0.15, 0.2) is 24.3 Å². The summed E-state index contributed by atoms with van der Waals surface area (Å²) in [6.07, 6.45) is 0.413. The Hall–Kier alpha value is -1.57. The maximum Gasteiger partial charge on any atom is 0.238 e. The van der Waals surface area contributed by atoms with Gasteiger partial charge in [-0.1, -0.05) is 23.7 Å². The largest absolute Gasteiger partial charge is 0.324 e. The highest BCUT2D eigenvalue weighted by Gasteiger charge is 2.08. The number of benzene rings is 1. The molecule has 0 radical (unpaired) electrons. The summed E-state index contributed by atoms with van der Waals surface area (Å²) in [5.41, 5.74) is 0.604. The maximum atomic E-state index is 11.6. The quantitative estimate of drug-likeness (QED) is 0.872. The van der Waals surface area contributed by atoms with Crippen LogP contribution in [0.4, 0.5) is 5.69 Å². The first-order valence-electron chi connectivity index (χ1n) is 5.23. The van der Waals surface area contributed by atoms with Crippen LogP contribution in [0.25, 0.3) is 0 Å². The molecule has 0 bridgehead atoms. The van der Waals surface area contributed by atoms with Crippen molar-refractivity contribution in [3.05, 3.63) is 29.3 Å². The molecule has 0 saturated carbocycles. The van der Waals surface area contributed by atoms with E-state index in [2.05, 4.69) is 5.32 Å². The maximum absolute atomic E-state index is 11.6. The zero-order valence-electron chi connectivity index (χ0n) is 9.61. The molecule has 0 aliphatic heterocycles. The topological polar surface area (TPSA) is 56.1 Å². The van der Waals surface area contributed by atoms with Crippen LogP contribution < -0.4 is 5.32 Å². The molecule has 1 aromatic rings. The second-order valence-corrected chi connectivity index (χ2v) is 4.08. The second-order valence-electron chi connectivity index (χ2n) is 3.67. The summed E-state index contributed by atoms with van der Waals surface area (Å²) < 4.78 is 0. The van der Waals surface area contributed by atoms with Gasteiger partial charge in [0.25, 0.3) is 0 Å². The van der Waals surface area contributed by atoms with Gasteiger partial charge in [-0.25, -0.2) is 0 Å². The fraction of sp³-hybridized carbons (Fsp3) is 0.333. The first kappa shape index (κ1) is 13.5. The summed E-state index contributed by atoms with van der Waals surface area (Å²) in [5, 5.41) is 11.7. The van der Waals surface area contributed by atoms with Crippen LogP contribution in [0, 0.1) is 11.3 Å². The van der Waals surface area contributed by atoms with Gasteiger partial charge in [-0.2, -0.15) is 5.26 Å². The van der Waals surface area contributed by atoms with Crippen molar-refractivity contribution in [3.63, 3.8) is 0 Å². The fourth-order valence-electron chi connectivity index (χ4n) is 1.32. The fourth-order valence-corrected chi connectivity index (χ4v) is 1.50. The van der Waals surface area contributed by atoms with Crippen LogP contribution >= 0.6 is 11.6 Å². The SMILES string of the molecule is CN(CCC#N)CC(=O)Nc1ccccc1Cl. The molecule has 0 fully saturated rings. The Labute approximate surface area is 106 Å². The molecular formula is C12H14ClN3O. The van der Waals surface area contributed by atoms with Crippen molar-refractivity contribution in [2.24, 2.45) is 0 Å². The summed E-state index contributed by atoms with van der Waals surface area (Å²) in [6, 6.07) is 9.11. The van der Waals surface area contributed by atoms with Gasteiger partial charge in [-0.15, -0.1) is 0 Å². The lowest BCUT2D eigenvalue weighted by atomic mass is 10.3. The van der Waals surface area contributed by atoms with Crippen LogP contribution in [0.5, 0.6) is 0 Å². The van der Waals surface area contributed by atoms with E-state index in [1.165, 1.54) is 0 Å². The van der Waals surface area contributed by atoms with Gasteiger partial charge in [-0.05, 0) is 19.2 Å². The lowest BCUT2D eigenvalue weighted by Gasteiger charge is -2.14. The molecular weight excluding hydrogens is 238 g/mol. The van der Waals surface area contributed by atoms with Gasteiger partial charge in [0.2, 0.25) is 5.91 Å². The molecule has 0 aromatic heterocycles. The van der Waals surface area contributed by atoms with Crippen LogP contribution in [-0.4, -0.2) is 30.9 Å². The van der Waals surface area contributed by atoms with Crippen molar-refractivity contribution in [3.8, 4) is 6.07 Å². The molecule has 1 N–H and O–H groups in total. The normalized spacial score (nSPS) is 10.0. The molecule has 0 heterocycles. The van der Waals surface area contributed by atoms with Crippen molar-refractivity contribution in [1.29, 1.82) is 5.26 Å². The molecule has 0 atom stereocenters. The first-order valence-corrected chi connectivity index (χ1v) is 5.61. The Bertz CT molecular complexity index is 428. The molecule has 90 valence electrons. The van der Waals surface area contributed by atoms with Gasteiger partial charge in [-0.3, -0.25) is 9.69 Å². The number of nitriles is 1. The number of para-hydroxylation sites is 1. The number of carbonyl (C=O) groups is 1. The van der Waals surface area contributed by atoms with Crippen LogP contribution in [-0.2, 0) is 4.79 Å². The number of amides is 1. The van der Waals surface area contributed by atoms with Gasteiger partial charge >= 0.3 is 0 Å². The Balaban J connectivity index is 2.45. The van der Waals surface area contributed by atoms with E-state index in [9.17, 15) is 4.79 Å². The van der Waals surface area contributed by atoms with Gasteiger partial charge in [0.05, 0.1) is 23.3 Å². The third-order valence-corrected chi connectivity index (χ3v) is 2.50. The van der Waals surface area contributed by atoms with E-state index in [0.717, 1.165) is 0 Å². The van der Waals surface area contributed by atoms with E-state index in [0.29, 0.717) is 23.7 Å². The Kier molecular flexibility index (Phi) is 5.47. The zero-order chi connectivity index (χ0) is 12.7. The summed E-state index contributed by atoms with van der Waals surface area (Å²) >= 11 is 5.92. The minimum absolute atomic E-state index is 0.140. The van der Waals surface area contributed by atoms with Crippen LogP contribution in [0.1, 0.15) is 6.42 Å². The van der Waals surface area contributed by atoms with Crippen LogP contribution in [0.2, 0.25) is 5.02 Å². The zero-order valence-corrected chi connectivity index (χ0v) is 10.4. The molecule has 0 unspecified atom stereocenters. The average Bonchev–Trinajstić information content (AvgIpc) is 2.29. The predicted molar refractivity (Wildman–Crippen MR) is 67.8 cm³/mol. The highest BCUT2D eigenvalue weighted by atomic mass is 35.5. The molecule has 1 aromatic carbocycles. The van der Waals surface area contributed by atoms with E-state index in [-0.39, 0.29) is 12.5 Å². The van der Waals surface area contributed by atoms with E-state index in [1.54, 1.807) is 36.2 Å². The molecule has 0 saturated heterocycles. The Morgan fingerprint density at radius 2 is 2.24 bits per heavy atom. The molecule has 5 heteroatoms.